The third kappa shape index (κ3) is 4.80. The summed E-state index contributed by atoms with van der Waals surface area (Å²) in [6.45, 7) is 11.7. The highest BCUT2D eigenvalue weighted by atomic mass is 16.2. The largest absolute Gasteiger partial charge is 0.348 e. The van der Waals surface area contributed by atoms with Crippen LogP contribution in [0.1, 0.15) is 66.3 Å². The Bertz CT molecular complexity index is 1140. The van der Waals surface area contributed by atoms with Gasteiger partial charge in [-0.25, -0.2) is 0 Å². The monoisotopic (exact) mass is 447 g/mol. The molecule has 2 aliphatic rings. The summed E-state index contributed by atoms with van der Waals surface area (Å²) in [5.41, 5.74) is 0.759. The molecule has 174 valence electrons. The number of pyridine rings is 1. The van der Waals surface area contributed by atoms with Crippen molar-refractivity contribution in [1.82, 2.24) is 14.8 Å². The van der Waals surface area contributed by atoms with Gasteiger partial charge in [0.25, 0.3) is 11.8 Å². The fraction of sp³-hybridized carbons (Fsp3) is 0.444. The van der Waals surface area contributed by atoms with Crippen LogP contribution < -0.4 is 10.7 Å². The van der Waals surface area contributed by atoms with Crippen molar-refractivity contribution in [3.05, 3.63) is 82.3 Å². The number of likely N-dealkylation sites (tertiary alicyclic amines) is 1. The molecule has 1 N–H and O–H groups in total. The molecular weight excluding hydrogens is 414 g/mol. The highest BCUT2D eigenvalue weighted by molar-refractivity contribution is 5.99. The van der Waals surface area contributed by atoms with Gasteiger partial charge in [0.2, 0.25) is 5.43 Å². The predicted molar refractivity (Wildman–Crippen MR) is 129 cm³/mol. The Morgan fingerprint density at radius 3 is 2.52 bits per heavy atom. The van der Waals surface area contributed by atoms with E-state index >= 15 is 0 Å². The zero-order chi connectivity index (χ0) is 23.8. The molecule has 2 fully saturated rings. The van der Waals surface area contributed by atoms with E-state index in [1.165, 1.54) is 6.20 Å². The number of hydrogen-bond acceptors (Lipinski definition) is 3. The number of benzene rings is 1. The fourth-order valence-electron chi connectivity index (χ4n) is 5.94. The van der Waals surface area contributed by atoms with Gasteiger partial charge < -0.3 is 14.8 Å². The van der Waals surface area contributed by atoms with Crippen LogP contribution in [0.4, 0.5) is 0 Å². The van der Waals surface area contributed by atoms with E-state index in [9.17, 15) is 14.4 Å². The lowest BCUT2D eigenvalue weighted by atomic mass is 9.65. The van der Waals surface area contributed by atoms with Gasteiger partial charge in [0, 0.05) is 38.1 Å². The van der Waals surface area contributed by atoms with Gasteiger partial charge in [0.15, 0.2) is 0 Å². The number of hydrogen-bond donors (Lipinski definition) is 1. The third-order valence-corrected chi connectivity index (χ3v) is 6.84. The van der Waals surface area contributed by atoms with Crippen molar-refractivity contribution in [3.63, 3.8) is 0 Å². The van der Waals surface area contributed by atoms with Crippen LogP contribution in [0.3, 0.4) is 0 Å². The second kappa shape index (κ2) is 8.65. The van der Waals surface area contributed by atoms with Crippen molar-refractivity contribution < 1.29 is 9.59 Å². The van der Waals surface area contributed by atoms with Gasteiger partial charge >= 0.3 is 0 Å². The summed E-state index contributed by atoms with van der Waals surface area (Å²) < 4.78 is 1.76. The standard InChI is InChI=1S/C27H33N3O3/c1-5-11-28-24(32)21-15-29(14-19-9-7-6-8-10-19)16-22(23(21)31)25(33)30-18-27(4)13-20(30)12-26(2,3)17-27/h5-10,15-16,20H,1,11-14,17-18H2,2-4H3,(H,28,32). The minimum Gasteiger partial charge on any atom is -0.348 e. The first-order valence-corrected chi connectivity index (χ1v) is 11.6. The Morgan fingerprint density at radius 2 is 1.82 bits per heavy atom. The fourth-order valence-corrected chi connectivity index (χ4v) is 5.94. The number of aromatic nitrogens is 1. The van der Waals surface area contributed by atoms with Crippen LogP contribution in [-0.4, -0.2) is 40.4 Å². The summed E-state index contributed by atoms with van der Waals surface area (Å²) >= 11 is 0. The quantitative estimate of drug-likeness (QED) is 0.684. The highest BCUT2D eigenvalue weighted by Gasteiger charge is 2.51. The van der Waals surface area contributed by atoms with E-state index in [1.54, 1.807) is 16.8 Å². The Balaban J connectivity index is 1.72. The first-order chi connectivity index (χ1) is 15.6. The van der Waals surface area contributed by atoms with Gasteiger partial charge in [0.1, 0.15) is 11.1 Å². The molecule has 2 amide bonds. The minimum absolute atomic E-state index is 0.0210. The molecule has 2 bridgehead atoms. The average molecular weight is 448 g/mol. The van der Waals surface area contributed by atoms with Crippen LogP contribution in [0.2, 0.25) is 0 Å². The molecule has 2 atom stereocenters. The minimum atomic E-state index is -0.517. The van der Waals surface area contributed by atoms with Gasteiger partial charge in [-0.05, 0) is 35.7 Å². The number of nitrogens with one attached hydrogen (secondary N) is 1. The molecule has 2 unspecified atom stereocenters. The molecule has 33 heavy (non-hydrogen) atoms. The maximum Gasteiger partial charge on any atom is 0.259 e. The Labute approximate surface area is 195 Å². The molecule has 6 nitrogen and oxygen atoms in total. The van der Waals surface area contributed by atoms with Gasteiger partial charge in [-0.3, -0.25) is 14.4 Å². The van der Waals surface area contributed by atoms with Crippen LogP contribution in [0, 0.1) is 10.8 Å². The van der Waals surface area contributed by atoms with Crippen molar-refractivity contribution in [2.45, 2.75) is 52.6 Å². The number of carbonyl (C=O) groups excluding carboxylic acids is 2. The van der Waals surface area contributed by atoms with E-state index in [-0.39, 0.29) is 40.5 Å². The second-order valence-electron chi connectivity index (χ2n) is 10.7. The van der Waals surface area contributed by atoms with Crippen molar-refractivity contribution in [3.8, 4) is 0 Å². The van der Waals surface area contributed by atoms with Gasteiger partial charge in [-0.2, -0.15) is 0 Å². The van der Waals surface area contributed by atoms with Crippen molar-refractivity contribution in [2.75, 3.05) is 13.1 Å². The van der Waals surface area contributed by atoms with E-state index in [1.807, 2.05) is 35.2 Å². The van der Waals surface area contributed by atoms with Gasteiger partial charge in [-0.15, -0.1) is 6.58 Å². The normalized spacial score (nSPS) is 23.2. The van der Waals surface area contributed by atoms with Gasteiger partial charge in [0.05, 0.1) is 0 Å². The lowest BCUT2D eigenvalue weighted by Gasteiger charge is -2.39. The molecular formula is C27H33N3O3. The Hall–Kier alpha value is -3.15. The third-order valence-electron chi connectivity index (χ3n) is 6.84. The predicted octanol–water partition coefficient (Wildman–Crippen LogP) is 3.85. The number of rotatable bonds is 6. The lowest BCUT2D eigenvalue weighted by molar-refractivity contribution is 0.0706. The Kier molecular flexibility index (Phi) is 6.04. The summed E-state index contributed by atoms with van der Waals surface area (Å²) in [4.78, 5) is 41.7. The van der Waals surface area contributed by atoms with E-state index < -0.39 is 11.3 Å². The molecule has 0 radical (unpaired) electrons. The van der Waals surface area contributed by atoms with Crippen molar-refractivity contribution in [2.24, 2.45) is 10.8 Å². The van der Waals surface area contributed by atoms with Crippen LogP contribution >= 0.6 is 0 Å². The van der Waals surface area contributed by atoms with Gasteiger partial charge in [-0.1, -0.05) is 57.2 Å². The summed E-state index contributed by atoms with van der Waals surface area (Å²) in [6.07, 6.45) is 7.64. The molecule has 4 rings (SSSR count). The summed E-state index contributed by atoms with van der Waals surface area (Å²) in [6, 6.07) is 9.88. The number of nitrogens with zero attached hydrogens (tertiary/aromatic N) is 2. The topological polar surface area (TPSA) is 71.4 Å². The molecule has 0 spiro atoms. The molecule has 1 aliphatic carbocycles. The molecule has 1 saturated carbocycles. The number of carbonyl (C=O) groups is 2. The van der Waals surface area contributed by atoms with Crippen molar-refractivity contribution >= 4 is 11.8 Å². The van der Waals surface area contributed by atoms with Crippen LogP contribution in [0.25, 0.3) is 0 Å². The molecule has 1 aliphatic heterocycles. The zero-order valence-corrected chi connectivity index (χ0v) is 19.8. The first kappa shape index (κ1) is 23.0. The summed E-state index contributed by atoms with van der Waals surface area (Å²) in [5.74, 6) is -0.767. The number of amides is 2. The SMILES string of the molecule is C=CCNC(=O)c1cn(Cc2ccccc2)cc(C(=O)N2CC3(C)CC2CC(C)(C)C3)c1=O. The smallest absolute Gasteiger partial charge is 0.259 e. The lowest BCUT2D eigenvalue weighted by Crippen LogP contribution is -2.41. The second-order valence-corrected chi connectivity index (χ2v) is 10.7. The van der Waals surface area contributed by atoms with Crippen molar-refractivity contribution in [1.29, 1.82) is 0 Å². The van der Waals surface area contributed by atoms with Crippen LogP contribution in [-0.2, 0) is 6.54 Å². The van der Waals surface area contributed by atoms with E-state index in [0.717, 1.165) is 24.8 Å². The van der Waals surface area contributed by atoms with E-state index in [2.05, 4.69) is 32.7 Å². The van der Waals surface area contributed by atoms with Crippen LogP contribution in [0.5, 0.6) is 0 Å². The molecule has 6 heteroatoms. The summed E-state index contributed by atoms with van der Waals surface area (Å²) in [7, 11) is 0. The molecule has 1 saturated heterocycles. The molecule has 1 aromatic carbocycles. The molecule has 1 aromatic heterocycles. The summed E-state index contributed by atoms with van der Waals surface area (Å²) in [5, 5.41) is 2.67. The van der Waals surface area contributed by atoms with Crippen LogP contribution in [0.15, 0.2) is 60.2 Å². The molecule has 2 aromatic rings. The average Bonchev–Trinajstić information content (AvgIpc) is 3.01. The maximum atomic E-state index is 13.7. The molecule has 2 heterocycles. The Morgan fingerprint density at radius 1 is 1.12 bits per heavy atom. The highest BCUT2D eigenvalue weighted by Crippen LogP contribution is 2.52. The zero-order valence-electron chi connectivity index (χ0n) is 19.8. The van der Waals surface area contributed by atoms with E-state index in [0.29, 0.717) is 13.1 Å². The number of fused-ring (bicyclic) bond motifs is 2. The maximum absolute atomic E-state index is 13.7. The van der Waals surface area contributed by atoms with E-state index in [4.69, 9.17) is 0 Å². The first-order valence-electron chi connectivity index (χ1n) is 11.6.